The Morgan fingerprint density at radius 1 is 1.43 bits per heavy atom. The van der Waals surface area contributed by atoms with Crippen molar-refractivity contribution in [3.05, 3.63) is 33.8 Å². The van der Waals surface area contributed by atoms with E-state index in [0.29, 0.717) is 6.54 Å². The predicted octanol–water partition coefficient (Wildman–Crippen LogP) is 2.14. The Morgan fingerprint density at radius 2 is 2.14 bits per heavy atom. The highest BCUT2D eigenvalue weighted by molar-refractivity contribution is 9.10. The highest BCUT2D eigenvalue weighted by Crippen LogP contribution is 2.15. The van der Waals surface area contributed by atoms with Crippen molar-refractivity contribution in [3.63, 3.8) is 0 Å². The van der Waals surface area contributed by atoms with Gasteiger partial charge in [-0.2, -0.15) is 10.2 Å². The lowest BCUT2D eigenvalue weighted by molar-refractivity contribution is -0.131. The van der Waals surface area contributed by atoms with Crippen LogP contribution in [0.2, 0.25) is 0 Å². The number of amides is 1. The summed E-state index contributed by atoms with van der Waals surface area (Å²) in [6, 6.07) is 0. The van der Waals surface area contributed by atoms with E-state index in [0.717, 1.165) is 28.0 Å². The molecule has 7 heteroatoms. The molecule has 0 aliphatic rings. The summed E-state index contributed by atoms with van der Waals surface area (Å²) in [5.74, 6) is 0.0219. The highest BCUT2D eigenvalue weighted by atomic mass is 79.9. The first-order chi connectivity index (χ1) is 9.92. The Hall–Kier alpha value is -1.63. The van der Waals surface area contributed by atoms with Crippen LogP contribution in [0, 0.1) is 13.8 Å². The Kier molecular flexibility index (Phi) is 4.82. The van der Waals surface area contributed by atoms with Gasteiger partial charge in [-0.1, -0.05) is 0 Å². The molecule has 0 bridgehead atoms. The van der Waals surface area contributed by atoms with E-state index in [9.17, 15) is 4.79 Å². The molecular formula is C14H20BrN5O. The zero-order valence-electron chi connectivity index (χ0n) is 12.8. The van der Waals surface area contributed by atoms with Crippen molar-refractivity contribution < 1.29 is 4.79 Å². The van der Waals surface area contributed by atoms with E-state index >= 15 is 0 Å². The first kappa shape index (κ1) is 15.8. The SMILES string of the molecule is CCn1nc(C)c(CN(C)C(=O)Cn2cc(Br)cn2)c1C. The summed E-state index contributed by atoms with van der Waals surface area (Å²) >= 11 is 3.32. The van der Waals surface area contributed by atoms with Crippen LogP contribution in [0.15, 0.2) is 16.9 Å². The molecule has 2 rings (SSSR count). The first-order valence-electron chi connectivity index (χ1n) is 6.87. The Labute approximate surface area is 132 Å². The van der Waals surface area contributed by atoms with E-state index in [1.807, 2.05) is 25.6 Å². The summed E-state index contributed by atoms with van der Waals surface area (Å²) in [5.41, 5.74) is 3.22. The van der Waals surface area contributed by atoms with Gasteiger partial charge in [0.25, 0.3) is 0 Å². The van der Waals surface area contributed by atoms with E-state index in [2.05, 4.69) is 33.1 Å². The van der Waals surface area contributed by atoms with Crippen LogP contribution in [0.4, 0.5) is 0 Å². The molecule has 0 atom stereocenters. The Morgan fingerprint density at radius 3 is 2.67 bits per heavy atom. The average molecular weight is 354 g/mol. The predicted molar refractivity (Wildman–Crippen MR) is 83.8 cm³/mol. The van der Waals surface area contributed by atoms with Crippen molar-refractivity contribution in [2.75, 3.05) is 7.05 Å². The lowest BCUT2D eigenvalue weighted by atomic mass is 10.2. The number of hydrogen-bond donors (Lipinski definition) is 0. The largest absolute Gasteiger partial charge is 0.340 e. The zero-order valence-corrected chi connectivity index (χ0v) is 14.4. The lowest BCUT2D eigenvalue weighted by Gasteiger charge is -2.17. The lowest BCUT2D eigenvalue weighted by Crippen LogP contribution is -2.30. The van der Waals surface area contributed by atoms with E-state index in [-0.39, 0.29) is 12.5 Å². The van der Waals surface area contributed by atoms with Gasteiger partial charge in [0.05, 0.1) is 16.4 Å². The third-order valence-electron chi connectivity index (χ3n) is 3.55. The molecule has 21 heavy (non-hydrogen) atoms. The van der Waals surface area contributed by atoms with Crippen LogP contribution < -0.4 is 0 Å². The molecule has 2 aromatic rings. The number of carbonyl (C=O) groups excluding carboxylic acids is 1. The monoisotopic (exact) mass is 353 g/mol. The molecule has 0 radical (unpaired) electrons. The molecule has 0 N–H and O–H groups in total. The summed E-state index contributed by atoms with van der Waals surface area (Å²) in [4.78, 5) is 14.0. The molecule has 0 saturated carbocycles. The molecule has 0 aliphatic carbocycles. The summed E-state index contributed by atoms with van der Waals surface area (Å²) in [6.07, 6.45) is 3.46. The third-order valence-corrected chi connectivity index (χ3v) is 3.96. The quantitative estimate of drug-likeness (QED) is 0.827. The second kappa shape index (κ2) is 6.43. The van der Waals surface area contributed by atoms with Crippen LogP contribution in [0.3, 0.4) is 0 Å². The molecule has 1 amide bonds. The van der Waals surface area contributed by atoms with Gasteiger partial charge in [-0.15, -0.1) is 0 Å². The van der Waals surface area contributed by atoms with Gasteiger partial charge < -0.3 is 4.90 Å². The van der Waals surface area contributed by atoms with Gasteiger partial charge in [-0.05, 0) is 36.7 Å². The zero-order chi connectivity index (χ0) is 15.6. The van der Waals surface area contributed by atoms with Gasteiger partial charge in [-0.3, -0.25) is 14.2 Å². The van der Waals surface area contributed by atoms with Gasteiger partial charge in [0.2, 0.25) is 5.91 Å². The van der Waals surface area contributed by atoms with Crippen molar-refractivity contribution in [2.24, 2.45) is 0 Å². The smallest absolute Gasteiger partial charge is 0.244 e. The number of nitrogens with zero attached hydrogens (tertiary/aromatic N) is 5. The van der Waals surface area contributed by atoms with Crippen LogP contribution in [-0.4, -0.2) is 37.4 Å². The number of halogens is 1. The highest BCUT2D eigenvalue weighted by Gasteiger charge is 2.16. The molecule has 114 valence electrons. The summed E-state index contributed by atoms with van der Waals surface area (Å²) in [7, 11) is 1.81. The molecule has 0 spiro atoms. The standard InChI is InChI=1S/C14H20BrN5O/c1-5-20-11(3)13(10(2)17-20)8-18(4)14(21)9-19-7-12(15)6-16-19/h6-7H,5,8-9H2,1-4H3. The van der Waals surface area contributed by atoms with Crippen molar-refractivity contribution >= 4 is 21.8 Å². The fourth-order valence-corrected chi connectivity index (χ4v) is 2.61. The Bertz CT molecular complexity index is 646. The number of carbonyl (C=O) groups is 1. The fourth-order valence-electron chi connectivity index (χ4n) is 2.28. The van der Waals surface area contributed by atoms with Crippen LogP contribution >= 0.6 is 15.9 Å². The van der Waals surface area contributed by atoms with Crippen LogP contribution in [0.1, 0.15) is 23.9 Å². The molecule has 2 aromatic heterocycles. The van der Waals surface area contributed by atoms with Gasteiger partial charge in [0.15, 0.2) is 0 Å². The molecule has 0 saturated heterocycles. The van der Waals surface area contributed by atoms with Crippen molar-refractivity contribution in [1.82, 2.24) is 24.5 Å². The number of aromatic nitrogens is 4. The molecule has 0 unspecified atom stereocenters. The molecule has 2 heterocycles. The fraction of sp³-hybridized carbons (Fsp3) is 0.500. The van der Waals surface area contributed by atoms with E-state index < -0.39 is 0 Å². The minimum Gasteiger partial charge on any atom is -0.340 e. The number of aryl methyl sites for hydroxylation is 2. The van der Waals surface area contributed by atoms with Gasteiger partial charge in [0.1, 0.15) is 6.54 Å². The van der Waals surface area contributed by atoms with Gasteiger partial charge in [0, 0.05) is 37.6 Å². The van der Waals surface area contributed by atoms with E-state index in [1.165, 1.54) is 0 Å². The maximum absolute atomic E-state index is 12.2. The van der Waals surface area contributed by atoms with Crippen molar-refractivity contribution in [2.45, 2.75) is 40.4 Å². The van der Waals surface area contributed by atoms with E-state index in [4.69, 9.17) is 0 Å². The molecule has 0 aromatic carbocycles. The second-order valence-corrected chi connectivity index (χ2v) is 5.99. The maximum atomic E-state index is 12.2. The summed E-state index contributed by atoms with van der Waals surface area (Å²) in [6.45, 7) is 7.74. The number of rotatable bonds is 5. The minimum absolute atomic E-state index is 0.0219. The van der Waals surface area contributed by atoms with Crippen LogP contribution in [-0.2, 0) is 24.4 Å². The van der Waals surface area contributed by atoms with Crippen LogP contribution in [0.25, 0.3) is 0 Å². The third kappa shape index (κ3) is 3.53. The van der Waals surface area contributed by atoms with Crippen LogP contribution in [0.5, 0.6) is 0 Å². The number of hydrogen-bond acceptors (Lipinski definition) is 3. The summed E-state index contributed by atoms with van der Waals surface area (Å²) in [5, 5.41) is 8.59. The number of likely N-dealkylation sites (N-methyl/N-ethyl adjacent to an activating group) is 1. The Balaban J connectivity index is 2.05. The van der Waals surface area contributed by atoms with Gasteiger partial charge in [-0.25, -0.2) is 0 Å². The second-order valence-electron chi connectivity index (χ2n) is 5.07. The topological polar surface area (TPSA) is 56.0 Å². The molecule has 6 nitrogen and oxygen atoms in total. The van der Waals surface area contributed by atoms with E-state index in [1.54, 1.807) is 22.0 Å². The van der Waals surface area contributed by atoms with Crippen molar-refractivity contribution in [3.8, 4) is 0 Å². The maximum Gasteiger partial charge on any atom is 0.244 e. The molecule has 0 aliphatic heterocycles. The minimum atomic E-state index is 0.0219. The van der Waals surface area contributed by atoms with Crippen molar-refractivity contribution in [1.29, 1.82) is 0 Å². The molecular weight excluding hydrogens is 334 g/mol. The molecule has 0 fully saturated rings. The normalized spacial score (nSPS) is 10.9. The average Bonchev–Trinajstić information content (AvgIpc) is 2.96. The first-order valence-corrected chi connectivity index (χ1v) is 7.66. The summed E-state index contributed by atoms with van der Waals surface area (Å²) < 4.78 is 4.46. The van der Waals surface area contributed by atoms with Gasteiger partial charge >= 0.3 is 0 Å².